The number of ether oxygens (including phenoxy) is 1. The number of rotatable bonds is 6. The number of halogens is 1. The van der Waals surface area contributed by atoms with Crippen LogP contribution in [0.3, 0.4) is 0 Å². The number of nitrogens with zero attached hydrogens (tertiary/aromatic N) is 1. The zero-order chi connectivity index (χ0) is 20.8. The van der Waals surface area contributed by atoms with Crippen LogP contribution in [0.1, 0.15) is 18.1 Å². The summed E-state index contributed by atoms with van der Waals surface area (Å²) in [6, 6.07) is 21.7. The molecule has 6 heteroatoms. The maximum Gasteiger partial charge on any atom is 0.246 e. The minimum absolute atomic E-state index is 0.132. The smallest absolute Gasteiger partial charge is 0.246 e. The van der Waals surface area contributed by atoms with Crippen molar-refractivity contribution >= 4 is 33.2 Å². The first-order chi connectivity index (χ1) is 13.9. The van der Waals surface area contributed by atoms with E-state index in [4.69, 9.17) is 10.00 Å². The lowest BCUT2D eigenvalue weighted by Gasteiger charge is -2.16. The molecule has 2 N–H and O–H groups in total. The van der Waals surface area contributed by atoms with Gasteiger partial charge < -0.3 is 15.4 Å². The molecular weight excluding hydrogens is 430 g/mol. The van der Waals surface area contributed by atoms with Crippen molar-refractivity contribution in [3.05, 3.63) is 82.3 Å². The van der Waals surface area contributed by atoms with E-state index in [-0.39, 0.29) is 5.91 Å². The Hall–Kier alpha value is -3.30. The van der Waals surface area contributed by atoms with Crippen molar-refractivity contribution in [1.29, 1.82) is 5.26 Å². The van der Waals surface area contributed by atoms with Gasteiger partial charge in [0, 0.05) is 10.2 Å². The average Bonchev–Trinajstić information content (AvgIpc) is 2.72. The first kappa shape index (κ1) is 20.4. The standard InChI is InChI=1S/C23H20BrN3O2/c1-15-3-12-22(21(24)13-15)27-23(28)16(2)26-18-6-10-20(11-7-18)29-19-8-4-17(14-25)5-9-19/h3-13,16,26H,1-2H3,(H,27,28). The fourth-order valence-corrected chi connectivity index (χ4v) is 3.22. The molecule has 1 unspecified atom stereocenters. The Morgan fingerprint density at radius 1 is 1.03 bits per heavy atom. The Morgan fingerprint density at radius 2 is 1.66 bits per heavy atom. The summed E-state index contributed by atoms with van der Waals surface area (Å²) < 4.78 is 6.61. The van der Waals surface area contributed by atoms with Gasteiger partial charge in [-0.05, 0) is 96.0 Å². The summed E-state index contributed by atoms with van der Waals surface area (Å²) in [6.45, 7) is 3.80. The van der Waals surface area contributed by atoms with Crippen LogP contribution in [0, 0.1) is 18.3 Å². The molecule has 1 amide bonds. The highest BCUT2D eigenvalue weighted by atomic mass is 79.9. The molecular formula is C23H20BrN3O2. The normalized spacial score (nSPS) is 11.2. The summed E-state index contributed by atoms with van der Waals surface area (Å²) in [7, 11) is 0. The lowest BCUT2D eigenvalue weighted by atomic mass is 10.2. The summed E-state index contributed by atoms with van der Waals surface area (Å²) in [5.41, 5.74) is 3.24. The number of benzene rings is 3. The highest BCUT2D eigenvalue weighted by molar-refractivity contribution is 9.10. The van der Waals surface area contributed by atoms with Gasteiger partial charge in [0.1, 0.15) is 17.5 Å². The van der Waals surface area contributed by atoms with Crippen molar-refractivity contribution in [1.82, 2.24) is 0 Å². The van der Waals surface area contributed by atoms with Gasteiger partial charge in [-0.1, -0.05) is 6.07 Å². The van der Waals surface area contributed by atoms with E-state index in [1.54, 1.807) is 31.2 Å². The number of anilines is 2. The Bertz CT molecular complexity index is 1040. The molecule has 3 aromatic carbocycles. The molecule has 0 aliphatic heterocycles. The molecule has 0 bridgehead atoms. The van der Waals surface area contributed by atoms with Crippen molar-refractivity contribution < 1.29 is 9.53 Å². The summed E-state index contributed by atoms with van der Waals surface area (Å²) in [4.78, 5) is 12.5. The summed E-state index contributed by atoms with van der Waals surface area (Å²) in [6.07, 6.45) is 0. The quantitative estimate of drug-likeness (QED) is 0.493. The number of carbonyl (C=O) groups excluding carboxylic acids is 1. The summed E-state index contributed by atoms with van der Waals surface area (Å²) in [5.74, 6) is 1.19. The van der Waals surface area contributed by atoms with Crippen LogP contribution in [0.15, 0.2) is 71.2 Å². The number of hydrogen-bond donors (Lipinski definition) is 2. The minimum atomic E-state index is -0.423. The number of nitrogens with one attached hydrogen (secondary N) is 2. The summed E-state index contributed by atoms with van der Waals surface area (Å²) >= 11 is 3.47. The van der Waals surface area contributed by atoms with Crippen LogP contribution in [0.25, 0.3) is 0 Å². The van der Waals surface area contributed by atoms with Gasteiger partial charge >= 0.3 is 0 Å². The number of amides is 1. The van der Waals surface area contributed by atoms with Crippen LogP contribution in [-0.2, 0) is 4.79 Å². The first-order valence-corrected chi connectivity index (χ1v) is 9.85. The van der Waals surface area contributed by atoms with Gasteiger partial charge in [0.05, 0.1) is 17.3 Å². The Balaban J connectivity index is 1.58. The maximum absolute atomic E-state index is 12.5. The molecule has 0 spiro atoms. The zero-order valence-electron chi connectivity index (χ0n) is 16.1. The van der Waals surface area contributed by atoms with Crippen LogP contribution in [-0.4, -0.2) is 11.9 Å². The van der Waals surface area contributed by atoms with Gasteiger partial charge in [0.25, 0.3) is 0 Å². The number of carbonyl (C=O) groups is 1. The van der Waals surface area contributed by atoms with Crippen molar-refractivity contribution in [2.45, 2.75) is 19.9 Å². The lowest BCUT2D eigenvalue weighted by molar-refractivity contribution is -0.116. The molecule has 146 valence electrons. The molecule has 0 aliphatic carbocycles. The molecule has 0 saturated heterocycles. The van der Waals surface area contributed by atoms with E-state index in [0.29, 0.717) is 17.1 Å². The second kappa shape index (κ2) is 9.26. The molecule has 0 aromatic heterocycles. The first-order valence-electron chi connectivity index (χ1n) is 9.06. The summed E-state index contributed by atoms with van der Waals surface area (Å²) in [5, 5.41) is 14.9. The van der Waals surface area contributed by atoms with E-state index in [0.717, 1.165) is 21.4 Å². The van der Waals surface area contributed by atoms with E-state index in [1.807, 2.05) is 49.4 Å². The van der Waals surface area contributed by atoms with E-state index < -0.39 is 6.04 Å². The van der Waals surface area contributed by atoms with Crippen LogP contribution in [0.5, 0.6) is 11.5 Å². The predicted molar refractivity (Wildman–Crippen MR) is 118 cm³/mol. The van der Waals surface area contributed by atoms with Crippen molar-refractivity contribution in [3.63, 3.8) is 0 Å². The average molecular weight is 450 g/mol. The van der Waals surface area contributed by atoms with Crippen LogP contribution in [0.4, 0.5) is 11.4 Å². The molecule has 1 atom stereocenters. The molecule has 29 heavy (non-hydrogen) atoms. The van der Waals surface area contributed by atoms with E-state index in [9.17, 15) is 4.79 Å². The van der Waals surface area contributed by atoms with Gasteiger partial charge in [-0.25, -0.2) is 0 Å². The largest absolute Gasteiger partial charge is 0.457 e. The van der Waals surface area contributed by atoms with Crippen molar-refractivity contribution in [2.75, 3.05) is 10.6 Å². The molecule has 3 rings (SSSR count). The third-order valence-electron chi connectivity index (χ3n) is 4.23. The van der Waals surface area contributed by atoms with E-state index >= 15 is 0 Å². The Morgan fingerprint density at radius 3 is 2.24 bits per heavy atom. The molecule has 5 nitrogen and oxygen atoms in total. The molecule has 0 saturated carbocycles. The van der Waals surface area contributed by atoms with Crippen LogP contribution < -0.4 is 15.4 Å². The Labute approximate surface area is 178 Å². The van der Waals surface area contributed by atoms with Gasteiger partial charge in [-0.3, -0.25) is 4.79 Å². The molecule has 0 fully saturated rings. The van der Waals surface area contributed by atoms with Gasteiger partial charge in [0.15, 0.2) is 0 Å². The zero-order valence-corrected chi connectivity index (χ0v) is 17.7. The fourth-order valence-electron chi connectivity index (χ4n) is 2.63. The highest BCUT2D eigenvalue weighted by Crippen LogP contribution is 2.25. The molecule has 0 radical (unpaired) electrons. The predicted octanol–water partition coefficient (Wildman–Crippen LogP) is 5.86. The third kappa shape index (κ3) is 5.59. The van der Waals surface area contributed by atoms with Gasteiger partial charge in [-0.2, -0.15) is 5.26 Å². The number of nitriles is 1. The van der Waals surface area contributed by atoms with E-state index in [2.05, 4.69) is 32.6 Å². The number of hydrogen-bond acceptors (Lipinski definition) is 4. The Kier molecular flexibility index (Phi) is 6.53. The van der Waals surface area contributed by atoms with Gasteiger partial charge in [-0.15, -0.1) is 0 Å². The second-order valence-electron chi connectivity index (χ2n) is 6.60. The topological polar surface area (TPSA) is 74.2 Å². The van der Waals surface area contributed by atoms with Crippen molar-refractivity contribution in [3.8, 4) is 17.6 Å². The second-order valence-corrected chi connectivity index (χ2v) is 7.46. The van der Waals surface area contributed by atoms with Crippen LogP contribution >= 0.6 is 15.9 Å². The minimum Gasteiger partial charge on any atom is -0.457 e. The molecule has 0 aliphatic rings. The molecule has 3 aromatic rings. The number of aryl methyl sites for hydroxylation is 1. The monoisotopic (exact) mass is 449 g/mol. The third-order valence-corrected chi connectivity index (χ3v) is 4.89. The van der Waals surface area contributed by atoms with E-state index in [1.165, 1.54) is 0 Å². The van der Waals surface area contributed by atoms with Crippen LogP contribution in [0.2, 0.25) is 0 Å². The van der Waals surface area contributed by atoms with Gasteiger partial charge in [0.2, 0.25) is 5.91 Å². The highest BCUT2D eigenvalue weighted by Gasteiger charge is 2.14. The maximum atomic E-state index is 12.5. The SMILES string of the molecule is Cc1ccc(NC(=O)C(C)Nc2ccc(Oc3ccc(C#N)cc3)cc2)c(Br)c1. The molecule has 0 heterocycles. The fraction of sp³-hybridized carbons (Fsp3) is 0.130. The lowest BCUT2D eigenvalue weighted by Crippen LogP contribution is -2.31. The van der Waals surface area contributed by atoms with Crippen molar-refractivity contribution in [2.24, 2.45) is 0 Å².